The molecule has 0 aliphatic heterocycles. The summed E-state index contributed by atoms with van der Waals surface area (Å²) in [6, 6.07) is 16.5. The second kappa shape index (κ2) is 6.65. The van der Waals surface area contributed by atoms with E-state index in [0.717, 1.165) is 35.6 Å². The number of hydrogen-bond acceptors (Lipinski definition) is 3. The van der Waals surface area contributed by atoms with Crippen LogP contribution in [0.2, 0.25) is 0 Å². The summed E-state index contributed by atoms with van der Waals surface area (Å²) < 4.78 is 7.75. The van der Waals surface area contributed by atoms with Crippen molar-refractivity contribution in [2.75, 3.05) is 6.61 Å². The first-order valence-corrected chi connectivity index (χ1v) is 8.41. The predicted molar refractivity (Wildman–Crippen MR) is 98.4 cm³/mol. The summed E-state index contributed by atoms with van der Waals surface area (Å²) in [5, 5.41) is 0. The number of hydrogen-bond donors (Lipinski definition) is 1. The highest BCUT2D eigenvalue weighted by atomic mass is 16.5. The van der Waals surface area contributed by atoms with Crippen molar-refractivity contribution in [3.05, 3.63) is 59.9 Å². The molecule has 0 aliphatic rings. The van der Waals surface area contributed by atoms with E-state index in [1.807, 2.05) is 45.0 Å². The van der Waals surface area contributed by atoms with E-state index in [1.54, 1.807) is 0 Å². The summed E-state index contributed by atoms with van der Waals surface area (Å²) in [6.07, 6.45) is 0.775. The molecule has 4 heteroatoms. The van der Waals surface area contributed by atoms with Crippen molar-refractivity contribution in [3.8, 4) is 5.75 Å². The van der Waals surface area contributed by atoms with Crippen LogP contribution in [-0.2, 0) is 13.0 Å². The van der Waals surface area contributed by atoms with Crippen LogP contribution in [-0.4, -0.2) is 21.7 Å². The monoisotopic (exact) mass is 323 g/mol. The third-order valence-corrected chi connectivity index (χ3v) is 3.90. The minimum Gasteiger partial charge on any atom is -0.494 e. The summed E-state index contributed by atoms with van der Waals surface area (Å²) in [5.41, 5.74) is 9.34. The highest BCUT2D eigenvalue weighted by Crippen LogP contribution is 2.21. The van der Waals surface area contributed by atoms with Crippen LogP contribution in [0.25, 0.3) is 11.0 Å². The molecule has 1 heterocycles. The number of ether oxygens (including phenoxy) is 1. The van der Waals surface area contributed by atoms with Gasteiger partial charge in [-0.05, 0) is 50.6 Å². The molecule has 0 atom stereocenters. The van der Waals surface area contributed by atoms with Crippen LogP contribution in [0.1, 0.15) is 32.2 Å². The van der Waals surface area contributed by atoms with Gasteiger partial charge in [0.15, 0.2) is 0 Å². The average Bonchev–Trinajstić information content (AvgIpc) is 2.86. The molecule has 24 heavy (non-hydrogen) atoms. The summed E-state index contributed by atoms with van der Waals surface area (Å²) in [6.45, 7) is 7.50. The Morgan fingerprint density at radius 2 is 1.79 bits per heavy atom. The van der Waals surface area contributed by atoms with Crippen molar-refractivity contribution in [2.45, 2.75) is 39.3 Å². The Morgan fingerprint density at radius 1 is 1.08 bits per heavy atom. The molecule has 0 spiro atoms. The Bertz CT molecular complexity index is 813. The number of benzene rings is 2. The van der Waals surface area contributed by atoms with Crippen molar-refractivity contribution < 1.29 is 4.74 Å². The van der Waals surface area contributed by atoms with Gasteiger partial charge in [0.2, 0.25) is 0 Å². The fourth-order valence-corrected chi connectivity index (χ4v) is 2.90. The lowest BCUT2D eigenvalue weighted by Gasteiger charge is -2.21. The maximum absolute atomic E-state index is 6.27. The molecule has 2 N–H and O–H groups in total. The number of fused-ring (bicyclic) bond motifs is 1. The third kappa shape index (κ3) is 3.77. The van der Waals surface area contributed by atoms with Crippen LogP contribution in [0.3, 0.4) is 0 Å². The molecule has 2 aromatic carbocycles. The quantitative estimate of drug-likeness (QED) is 0.751. The number of nitrogens with zero attached hydrogens (tertiary/aromatic N) is 2. The number of para-hydroxylation sites is 2. The molecule has 0 saturated heterocycles. The first-order valence-electron chi connectivity index (χ1n) is 8.41. The maximum atomic E-state index is 6.27. The Kier molecular flexibility index (Phi) is 4.58. The van der Waals surface area contributed by atoms with Crippen LogP contribution in [0, 0.1) is 0 Å². The van der Waals surface area contributed by atoms with E-state index < -0.39 is 0 Å². The Morgan fingerprint density at radius 3 is 2.46 bits per heavy atom. The molecule has 0 radical (unpaired) electrons. The van der Waals surface area contributed by atoms with Gasteiger partial charge in [0.05, 0.1) is 17.6 Å². The highest BCUT2D eigenvalue weighted by Gasteiger charge is 2.18. The molecule has 0 amide bonds. The summed E-state index contributed by atoms with van der Waals surface area (Å²) >= 11 is 0. The van der Waals surface area contributed by atoms with Gasteiger partial charge in [0, 0.05) is 18.5 Å². The van der Waals surface area contributed by atoms with Gasteiger partial charge in [-0.25, -0.2) is 4.98 Å². The van der Waals surface area contributed by atoms with Gasteiger partial charge in [-0.3, -0.25) is 0 Å². The molecule has 0 bridgehead atoms. The first-order chi connectivity index (χ1) is 11.5. The van der Waals surface area contributed by atoms with Gasteiger partial charge in [-0.1, -0.05) is 24.3 Å². The van der Waals surface area contributed by atoms with Gasteiger partial charge in [-0.15, -0.1) is 0 Å². The number of rotatable bonds is 6. The molecule has 1 aromatic heterocycles. The molecule has 3 rings (SSSR count). The van der Waals surface area contributed by atoms with E-state index in [1.165, 1.54) is 5.56 Å². The maximum Gasteiger partial charge on any atom is 0.119 e. The topological polar surface area (TPSA) is 53.1 Å². The number of nitrogens with two attached hydrogens (primary N) is 1. The fraction of sp³-hybridized carbons (Fsp3) is 0.350. The van der Waals surface area contributed by atoms with E-state index in [9.17, 15) is 0 Å². The normalized spacial score (nSPS) is 11.8. The van der Waals surface area contributed by atoms with Gasteiger partial charge in [0.1, 0.15) is 11.6 Å². The lowest BCUT2D eigenvalue weighted by atomic mass is 10.1. The highest BCUT2D eigenvalue weighted by molar-refractivity contribution is 5.76. The molecule has 4 nitrogen and oxygen atoms in total. The summed E-state index contributed by atoms with van der Waals surface area (Å²) in [4.78, 5) is 4.83. The Hall–Kier alpha value is -2.33. The van der Waals surface area contributed by atoms with E-state index in [0.29, 0.717) is 6.61 Å². The van der Waals surface area contributed by atoms with Crippen molar-refractivity contribution in [1.29, 1.82) is 0 Å². The van der Waals surface area contributed by atoms with E-state index in [2.05, 4.69) is 28.8 Å². The minimum absolute atomic E-state index is 0.295. The van der Waals surface area contributed by atoms with Gasteiger partial charge < -0.3 is 15.0 Å². The SMILES string of the molecule is CCOc1ccc(Cc2nc3ccccc3n2CC(C)(C)N)cc1. The molecule has 0 unspecified atom stereocenters. The van der Waals surface area contributed by atoms with E-state index >= 15 is 0 Å². The Balaban J connectivity index is 1.94. The van der Waals surface area contributed by atoms with Gasteiger partial charge >= 0.3 is 0 Å². The van der Waals surface area contributed by atoms with Crippen molar-refractivity contribution in [1.82, 2.24) is 9.55 Å². The van der Waals surface area contributed by atoms with Crippen molar-refractivity contribution >= 4 is 11.0 Å². The van der Waals surface area contributed by atoms with Crippen LogP contribution in [0.15, 0.2) is 48.5 Å². The zero-order valence-electron chi connectivity index (χ0n) is 14.6. The lowest BCUT2D eigenvalue weighted by Crippen LogP contribution is -2.37. The average molecular weight is 323 g/mol. The predicted octanol–water partition coefficient (Wildman–Crippen LogP) is 3.76. The molecule has 0 saturated carbocycles. The second-order valence-corrected chi connectivity index (χ2v) is 6.85. The number of imidazole rings is 1. The molecule has 126 valence electrons. The molecule has 0 aliphatic carbocycles. The van der Waals surface area contributed by atoms with Crippen LogP contribution < -0.4 is 10.5 Å². The zero-order chi connectivity index (χ0) is 17.2. The minimum atomic E-state index is -0.295. The van der Waals surface area contributed by atoms with Crippen LogP contribution in [0.5, 0.6) is 5.75 Å². The van der Waals surface area contributed by atoms with Crippen molar-refractivity contribution in [2.24, 2.45) is 5.73 Å². The first kappa shape index (κ1) is 16.5. The van der Waals surface area contributed by atoms with Crippen molar-refractivity contribution in [3.63, 3.8) is 0 Å². The van der Waals surface area contributed by atoms with Crippen LogP contribution >= 0.6 is 0 Å². The smallest absolute Gasteiger partial charge is 0.119 e. The third-order valence-electron chi connectivity index (χ3n) is 3.90. The van der Waals surface area contributed by atoms with E-state index in [-0.39, 0.29) is 5.54 Å². The van der Waals surface area contributed by atoms with Gasteiger partial charge in [0.25, 0.3) is 0 Å². The summed E-state index contributed by atoms with van der Waals surface area (Å²) in [7, 11) is 0. The largest absolute Gasteiger partial charge is 0.494 e. The van der Waals surface area contributed by atoms with Gasteiger partial charge in [-0.2, -0.15) is 0 Å². The molecular weight excluding hydrogens is 298 g/mol. The second-order valence-electron chi connectivity index (χ2n) is 6.85. The lowest BCUT2D eigenvalue weighted by molar-refractivity contribution is 0.340. The molecule has 3 aromatic rings. The summed E-state index contributed by atoms with van der Waals surface area (Å²) in [5.74, 6) is 1.94. The molecular formula is C20H25N3O. The van der Waals surface area contributed by atoms with Crippen LogP contribution in [0.4, 0.5) is 0 Å². The Labute approximate surface area is 143 Å². The zero-order valence-corrected chi connectivity index (χ0v) is 14.6. The molecule has 0 fully saturated rings. The van der Waals surface area contributed by atoms with E-state index in [4.69, 9.17) is 15.5 Å². The number of aromatic nitrogens is 2. The fourth-order valence-electron chi connectivity index (χ4n) is 2.90. The standard InChI is InChI=1S/C20H25N3O/c1-4-24-16-11-9-15(10-12-16)13-19-22-17-7-5-6-8-18(17)23(19)14-20(2,3)21/h5-12H,4,13-14,21H2,1-3H3.